The van der Waals surface area contributed by atoms with Gasteiger partial charge in [0.05, 0.1) is 18.0 Å². The van der Waals surface area contributed by atoms with E-state index in [0.29, 0.717) is 11.2 Å². The highest BCUT2D eigenvalue weighted by Gasteiger charge is 2.39. The lowest BCUT2D eigenvalue weighted by Crippen LogP contribution is -2.47. The Hall–Kier alpha value is -2.05. The van der Waals surface area contributed by atoms with Crippen LogP contribution in [0.5, 0.6) is 0 Å². The molecular formula is C16H20N4O2. The number of carbonyl (C=O) groups is 1. The molecule has 0 unspecified atom stereocenters. The second-order valence-corrected chi connectivity index (χ2v) is 5.79. The van der Waals surface area contributed by atoms with Gasteiger partial charge < -0.3 is 5.32 Å². The molecule has 0 spiro atoms. The van der Waals surface area contributed by atoms with Crippen molar-refractivity contribution in [2.24, 2.45) is 5.41 Å². The summed E-state index contributed by atoms with van der Waals surface area (Å²) in [6.45, 7) is 3.68. The van der Waals surface area contributed by atoms with Gasteiger partial charge in [-0.15, -0.1) is 0 Å². The van der Waals surface area contributed by atoms with Crippen LogP contribution in [-0.2, 0) is 9.63 Å². The Morgan fingerprint density at radius 2 is 2.05 bits per heavy atom. The van der Waals surface area contributed by atoms with Crippen molar-refractivity contribution in [2.75, 3.05) is 25.3 Å². The fourth-order valence-electron chi connectivity index (χ4n) is 2.86. The summed E-state index contributed by atoms with van der Waals surface area (Å²) in [5.41, 5.74) is 1.62. The third-order valence-corrected chi connectivity index (χ3v) is 4.28. The van der Waals surface area contributed by atoms with Crippen molar-refractivity contribution in [2.45, 2.75) is 19.8 Å². The van der Waals surface area contributed by atoms with Gasteiger partial charge in [0.25, 0.3) is 5.91 Å². The van der Waals surface area contributed by atoms with Crippen LogP contribution in [0.3, 0.4) is 0 Å². The van der Waals surface area contributed by atoms with Gasteiger partial charge in [-0.2, -0.15) is 5.06 Å². The molecule has 0 radical (unpaired) electrons. The highest BCUT2D eigenvalue weighted by molar-refractivity contribution is 6.01. The average Bonchev–Trinajstić information content (AvgIpc) is 2.56. The number of aromatic nitrogens is 2. The van der Waals surface area contributed by atoms with Crippen molar-refractivity contribution in [3.8, 4) is 0 Å². The monoisotopic (exact) mass is 300 g/mol. The molecule has 2 aromatic heterocycles. The van der Waals surface area contributed by atoms with Crippen molar-refractivity contribution < 1.29 is 9.63 Å². The van der Waals surface area contributed by atoms with Gasteiger partial charge in [-0.05, 0) is 44.1 Å². The van der Waals surface area contributed by atoms with E-state index in [0.717, 1.165) is 31.4 Å². The molecule has 0 bridgehead atoms. The standard InChI is InChI=1S/C16H20N4O2/c1-16(6-10-17-11-7-16)15(21)20(22-2)13-5-9-18-12-4-3-8-19-14(12)13/h3-5,8-9,17H,6-7,10-11H2,1-2H3. The van der Waals surface area contributed by atoms with E-state index >= 15 is 0 Å². The first-order valence-electron chi connectivity index (χ1n) is 7.45. The second kappa shape index (κ2) is 5.98. The van der Waals surface area contributed by atoms with Crippen LogP contribution in [0.1, 0.15) is 19.8 Å². The van der Waals surface area contributed by atoms with Gasteiger partial charge in [0.2, 0.25) is 0 Å². The van der Waals surface area contributed by atoms with E-state index in [4.69, 9.17) is 4.84 Å². The number of hydroxylamine groups is 1. The molecule has 3 rings (SSSR count). The SMILES string of the molecule is CON(C(=O)C1(C)CCNCC1)c1ccnc2cccnc12. The molecule has 1 aliphatic heterocycles. The summed E-state index contributed by atoms with van der Waals surface area (Å²) >= 11 is 0. The first-order valence-corrected chi connectivity index (χ1v) is 7.45. The predicted octanol–water partition coefficient (Wildman–Crippen LogP) is 1.91. The van der Waals surface area contributed by atoms with E-state index in [9.17, 15) is 4.79 Å². The minimum absolute atomic E-state index is 0.0327. The minimum Gasteiger partial charge on any atom is -0.317 e. The molecule has 6 nitrogen and oxygen atoms in total. The van der Waals surface area contributed by atoms with E-state index in [1.807, 2.05) is 19.1 Å². The lowest BCUT2D eigenvalue weighted by atomic mass is 9.80. The first kappa shape index (κ1) is 14.9. The fourth-order valence-corrected chi connectivity index (χ4v) is 2.86. The Balaban J connectivity index is 2.01. The average molecular weight is 300 g/mol. The Morgan fingerprint density at radius 3 is 2.77 bits per heavy atom. The molecule has 1 saturated heterocycles. The van der Waals surface area contributed by atoms with E-state index in [-0.39, 0.29) is 5.91 Å². The van der Waals surface area contributed by atoms with Crippen molar-refractivity contribution in [1.82, 2.24) is 15.3 Å². The van der Waals surface area contributed by atoms with E-state index in [1.54, 1.807) is 18.5 Å². The zero-order chi connectivity index (χ0) is 15.6. The number of carbonyl (C=O) groups excluding carboxylic acids is 1. The van der Waals surface area contributed by atoms with Gasteiger partial charge in [0.1, 0.15) is 11.2 Å². The summed E-state index contributed by atoms with van der Waals surface area (Å²) in [5.74, 6) is -0.0327. The maximum atomic E-state index is 13.0. The lowest BCUT2D eigenvalue weighted by molar-refractivity contribution is -0.135. The summed E-state index contributed by atoms with van der Waals surface area (Å²) in [5, 5.41) is 4.65. The quantitative estimate of drug-likeness (QED) is 0.877. The van der Waals surface area contributed by atoms with Gasteiger partial charge in [0, 0.05) is 12.4 Å². The summed E-state index contributed by atoms with van der Waals surface area (Å²) in [6.07, 6.45) is 4.95. The smallest absolute Gasteiger partial charge is 0.256 e. The number of rotatable bonds is 3. The zero-order valence-electron chi connectivity index (χ0n) is 12.9. The highest BCUT2D eigenvalue weighted by atomic mass is 16.7. The normalized spacial score (nSPS) is 17.4. The van der Waals surface area contributed by atoms with Crippen LogP contribution in [0.4, 0.5) is 5.69 Å². The lowest BCUT2D eigenvalue weighted by Gasteiger charge is -2.36. The molecule has 0 aromatic carbocycles. The molecule has 3 heterocycles. The number of piperidine rings is 1. The number of nitrogens with zero attached hydrogens (tertiary/aromatic N) is 3. The van der Waals surface area contributed by atoms with Crippen LogP contribution in [-0.4, -0.2) is 36.1 Å². The second-order valence-electron chi connectivity index (χ2n) is 5.79. The molecular weight excluding hydrogens is 280 g/mol. The summed E-state index contributed by atoms with van der Waals surface area (Å²) in [4.78, 5) is 27.1. The van der Waals surface area contributed by atoms with Crippen LogP contribution in [0.25, 0.3) is 11.0 Å². The van der Waals surface area contributed by atoms with Crippen LogP contribution >= 0.6 is 0 Å². The van der Waals surface area contributed by atoms with Crippen LogP contribution < -0.4 is 10.4 Å². The molecule has 0 aliphatic carbocycles. The van der Waals surface area contributed by atoms with Gasteiger partial charge in [0.15, 0.2) is 0 Å². The maximum Gasteiger partial charge on any atom is 0.256 e. The van der Waals surface area contributed by atoms with Gasteiger partial charge in [-0.25, -0.2) is 0 Å². The Kier molecular flexibility index (Phi) is 4.04. The maximum absolute atomic E-state index is 13.0. The molecule has 2 aromatic rings. The van der Waals surface area contributed by atoms with Crippen molar-refractivity contribution >= 4 is 22.6 Å². The van der Waals surface area contributed by atoms with Gasteiger partial charge in [-0.1, -0.05) is 6.92 Å². The molecule has 1 amide bonds. The topological polar surface area (TPSA) is 67.3 Å². The molecule has 0 atom stereocenters. The van der Waals surface area contributed by atoms with E-state index < -0.39 is 5.41 Å². The number of hydrogen-bond acceptors (Lipinski definition) is 5. The zero-order valence-corrected chi connectivity index (χ0v) is 12.9. The number of pyridine rings is 2. The third kappa shape index (κ3) is 2.55. The molecule has 116 valence electrons. The van der Waals surface area contributed by atoms with Crippen molar-refractivity contribution in [3.05, 3.63) is 30.6 Å². The van der Waals surface area contributed by atoms with E-state index in [2.05, 4.69) is 15.3 Å². The minimum atomic E-state index is -0.425. The molecule has 22 heavy (non-hydrogen) atoms. The molecule has 1 aliphatic rings. The number of hydrogen-bond donors (Lipinski definition) is 1. The van der Waals surface area contributed by atoms with Crippen LogP contribution in [0, 0.1) is 5.41 Å². The predicted molar refractivity (Wildman–Crippen MR) is 84.2 cm³/mol. The van der Waals surface area contributed by atoms with Crippen molar-refractivity contribution in [1.29, 1.82) is 0 Å². The largest absolute Gasteiger partial charge is 0.317 e. The molecule has 1 N–H and O–H groups in total. The highest BCUT2D eigenvalue weighted by Crippen LogP contribution is 2.34. The molecule has 1 fully saturated rings. The molecule has 0 saturated carbocycles. The van der Waals surface area contributed by atoms with Crippen molar-refractivity contribution in [3.63, 3.8) is 0 Å². The fraction of sp³-hybridized carbons (Fsp3) is 0.438. The van der Waals surface area contributed by atoms with Gasteiger partial charge >= 0.3 is 0 Å². The number of anilines is 1. The Labute approximate surface area is 129 Å². The summed E-state index contributed by atoms with van der Waals surface area (Å²) in [6, 6.07) is 5.46. The summed E-state index contributed by atoms with van der Waals surface area (Å²) in [7, 11) is 1.51. The summed E-state index contributed by atoms with van der Waals surface area (Å²) < 4.78 is 0. The number of nitrogens with one attached hydrogen (secondary N) is 1. The third-order valence-electron chi connectivity index (χ3n) is 4.28. The number of fused-ring (bicyclic) bond motifs is 1. The van der Waals surface area contributed by atoms with Crippen LogP contribution in [0.2, 0.25) is 0 Å². The Bertz CT molecular complexity index is 677. The first-order chi connectivity index (χ1) is 10.7. The van der Waals surface area contributed by atoms with Gasteiger partial charge in [-0.3, -0.25) is 19.6 Å². The van der Waals surface area contributed by atoms with E-state index in [1.165, 1.54) is 12.2 Å². The Morgan fingerprint density at radius 1 is 1.27 bits per heavy atom. The van der Waals surface area contributed by atoms with Crippen LogP contribution in [0.15, 0.2) is 30.6 Å². The number of amides is 1. The molecule has 6 heteroatoms.